The molecule has 2 heterocycles. The normalized spacial score (nSPS) is 21.9. The van der Waals surface area contributed by atoms with Gasteiger partial charge in [0.25, 0.3) is 0 Å². The van der Waals surface area contributed by atoms with Gasteiger partial charge in [0.1, 0.15) is 22.9 Å². The van der Waals surface area contributed by atoms with Gasteiger partial charge in [0.05, 0.1) is 18.8 Å². The van der Waals surface area contributed by atoms with Crippen molar-refractivity contribution in [3.8, 4) is 11.5 Å². The number of halogens is 1. The van der Waals surface area contributed by atoms with E-state index in [2.05, 4.69) is 51.7 Å². The van der Waals surface area contributed by atoms with E-state index in [4.69, 9.17) is 14.2 Å². The number of fused-ring (bicyclic) bond motifs is 2. The van der Waals surface area contributed by atoms with Crippen molar-refractivity contribution in [2.45, 2.75) is 90.6 Å². The number of rotatable bonds is 9. The Balaban J connectivity index is 1.54. The Hall–Kier alpha value is -2.70. The summed E-state index contributed by atoms with van der Waals surface area (Å²) in [6.07, 6.45) is 5.98. The van der Waals surface area contributed by atoms with Crippen molar-refractivity contribution in [2.75, 3.05) is 32.8 Å². The van der Waals surface area contributed by atoms with E-state index >= 15 is 0 Å². The first-order valence-corrected chi connectivity index (χ1v) is 15.5. The fourth-order valence-corrected chi connectivity index (χ4v) is 6.95. The van der Waals surface area contributed by atoms with E-state index < -0.39 is 11.0 Å². The minimum absolute atomic E-state index is 0.215. The maximum atomic E-state index is 13.9. The van der Waals surface area contributed by atoms with Crippen LogP contribution in [-0.4, -0.2) is 49.3 Å². The second kappa shape index (κ2) is 12.3. The molecule has 2 aromatic rings. The molecule has 2 atom stereocenters. The Bertz CT molecular complexity index is 1280. The Kier molecular flexibility index (Phi) is 8.91. The summed E-state index contributed by atoms with van der Waals surface area (Å²) in [5, 5.41) is 0. The third kappa shape index (κ3) is 6.39. The maximum absolute atomic E-state index is 13.9. The zero-order chi connectivity index (χ0) is 29.2. The van der Waals surface area contributed by atoms with Crippen LogP contribution in [0.4, 0.5) is 4.39 Å². The lowest BCUT2D eigenvalue weighted by Crippen LogP contribution is -2.37. The molecule has 41 heavy (non-hydrogen) atoms. The van der Waals surface area contributed by atoms with Gasteiger partial charge in [0.2, 0.25) is 0 Å². The average molecular weight is 564 g/mol. The molecule has 0 bridgehead atoms. The minimum Gasteiger partial charge on any atom is -0.483 e. The third-order valence-electron chi connectivity index (χ3n) is 9.31. The number of morpholine rings is 1. The van der Waals surface area contributed by atoms with E-state index in [0.717, 1.165) is 93.8 Å². The fraction of sp³-hybridized carbons (Fsp3) is 0.571. The smallest absolute Gasteiger partial charge is 0.311 e. The molecule has 5 nitrogen and oxygen atoms in total. The molecule has 3 aliphatic rings. The molecule has 0 saturated carbocycles. The zero-order valence-corrected chi connectivity index (χ0v) is 25.5. The zero-order valence-electron chi connectivity index (χ0n) is 25.5. The van der Waals surface area contributed by atoms with Gasteiger partial charge in [-0.25, -0.2) is 4.39 Å². The third-order valence-corrected chi connectivity index (χ3v) is 9.31. The molecular weight excluding hydrogens is 517 g/mol. The number of carbonyl (C=O) groups excluding carboxylic acids is 1. The van der Waals surface area contributed by atoms with Crippen LogP contribution in [0.2, 0.25) is 0 Å². The van der Waals surface area contributed by atoms with Crippen molar-refractivity contribution in [3.05, 3.63) is 64.5 Å². The molecule has 1 aliphatic carbocycles. The van der Waals surface area contributed by atoms with Gasteiger partial charge in [-0.2, -0.15) is 0 Å². The Morgan fingerprint density at radius 3 is 2.59 bits per heavy atom. The summed E-state index contributed by atoms with van der Waals surface area (Å²) in [4.78, 5) is 15.7. The summed E-state index contributed by atoms with van der Waals surface area (Å²) < 4.78 is 32.4. The van der Waals surface area contributed by atoms with Gasteiger partial charge in [-0.3, -0.25) is 9.69 Å². The first-order valence-electron chi connectivity index (χ1n) is 15.5. The van der Waals surface area contributed by atoms with Gasteiger partial charge >= 0.3 is 5.97 Å². The second-order valence-corrected chi connectivity index (χ2v) is 12.9. The van der Waals surface area contributed by atoms with E-state index in [-0.39, 0.29) is 11.8 Å². The van der Waals surface area contributed by atoms with E-state index in [9.17, 15) is 9.18 Å². The molecule has 2 aromatic carbocycles. The molecule has 0 N–H and O–H groups in total. The number of benzene rings is 2. The van der Waals surface area contributed by atoms with Crippen molar-refractivity contribution in [3.63, 3.8) is 0 Å². The SMILES string of the molecule is CCCC(C)(c1ccc(F)cc1)c1cc(OC(=O)CCCN2CCOCC2)c2c(c1)OC(C)(C)C1=C2CC(C)CC1. The van der Waals surface area contributed by atoms with Crippen molar-refractivity contribution in [1.29, 1.82) is 0 Å². The van der Waals surface area contributed by atoms with Crippen LogP contribution in [0.3, 0.4) is 0 Å². The Morgan fingerprint density at radius 1 is 1.15 bits per heavy atom. The lowest BCUT2D eigenvalue weighted by atomic mass is 9.71. The number of nitrogens with zero attached hydrogens (tertiary/aromatic N) is 1. The molecule has 1 saturated heterocycles. The number of ether oxygens (including phenoxy) is 3. The molecule has 0 aromatic heterocycles. The molecule has 2 unspecified atom stereocenters. The highest BCUT2D eigenvalue weighted by Gasteiger charge is 2.40. The second-order valence-electron chi connectivity index (χ2n) is 12.9. The van der Waals surface area contributed by atoms with Crippen molar-refractivity contribution in [2.24, 2.45) is 5.92 Å². The topological polar surface area (TPSA) is 48.0 Å². The number of hydrogen-bond donors (Lipinski definition) is 0. The summed E-state index contributed by atoms with van der Waals surface area (Å²) in [5.41, 5.74) is 4.74. The van der Waals surface area contributed by atoms with E-state index in [1.54, 1.807) is 0 Å². The van der Waals surface area contributed by atoms with Crippen LogP contribution in [0.15, 0.2) is 42.0 Å². The largest absolute Gasteiger partial charge is 0.483 e. The maximum Gasteiger partial charge on any atom is 0.311 e. The lowest BCUT2D eigenvalue weighted by molar-refractivity contribution is -0.134. The number of carbonyl (C=O) groups is 1. The first-order chi connectivity index (χ1) is 19.6. The molecule has 1 fully saturated rings. The Morgan fingerprint density at radius 2 is 1.88 bits per heavy atom. The monoisotopic (exact) mass is 563 g/mol. The highest BCUT2D eigenvalue weighted by Crippen LogP contribution is 2.53. The van der Waals surface area contributed by atoms with E-state index in [1.165, 1.54) is 23.3 Å². The molecule has 0 amide bonds. The Labute approximate surface area is 245 Å². The minimum atomic E-state index is -0.433. The molecular formula is C35H46FNO4. The predicted octanol–water partition coefficient (Wildman–Crippen LogP) is 7.69. The average Bonchev–Trinajstić information content (AvgIpc) is 2.93. The first kappa shape index (κ1) is 29.8. The van der Waals surface area contributed by atoms with Crippen LogP contribution in [0.5, 0.6) is 11.5 Å². The van der Waals surface area contributed by atoms with Gasteiger partial charge in [-0.15, -0.1) is 0 Å². The summed E-state index contributed by atoms with van der Waals surface area (Å²) in [6, 6.07) is 11.0. The van der Waals surface area contributed by atoms with Gasteiger partial charge < -0.3 is 14.2 Å². The van der Waals surface area contributed by atoms with E-state index in [1.807, 2.05) is 12.1 Å². The molecule has 222 valence electrons. The molecule has 5 rings (SSSR count). The van der Waals surface area contributed by atoms with Gasteiger partial charge in [0.15, 0.2) is 0 Å². The fourth-order valence-electron chi connectivity index (χ4n) is 6.95. The van der Waals surface area contributed by atoms with Crippen LogP contribution < -0.4 is 9.47 Å². The summed E-state index contributed by atoms with van der Waals surface area (Å²) in [6.45, 7) is 15.1. The van der Waals surface area contributed by atoms with Gasteiger partial charge in [-0.05, 0) is 105 Å². The lowest BCUT2D eigenvalue weighted by Gasteiger charge is -2.42. The molecule has 6 heteroatoms. The summed E-state index contributed by atoms with van der Waals surface area (Å²) in [7, 11) is 0. The number of hydrogen-bond acceptors (Lipinski definition) is 5. The standard InChI is InChI=1S/C35H46FNO4/c1-6-15-35(5,25-10-12-27(36)13-11-25)26-22-30(40-32(38)8-7-16-37-17-19-39-20-18-37)33-28-21-24(2)9-14-29(28)34(3,4)41-31(33)23-26/h10-13,22-24H,6-9,14-21H2,1-5H3. The van der Waals surface area contributed by atoms with Crippen LogP contribution in [0, 0.1) is 11.7 Å². The number of allylic oxidation sites excluding steroid dienone is 1. The van der Waals surface area contributed by atoms with Crippen molar-refractivity contribution >= 4 is 11.5 Å². The van der Waals surface area contributed by atoms with Crippen LogP contribution in [0.25, 0.3) is 5.57 Å². The van der Waals surface area contributed by atoms with Crippen molar-refractivity contribution in [1.82, 2.24) is 4.90 Å². The summed E-state index contributed by atoms with van der Waals surface area (Å²) >= 11 is 0. The van der Waals surface area contributed by atoms with Crippen molar-refractivity contribution < 1.29 is 23.4 Å². The quantitative estimate of drug-likeness (QED) is 0.231. The highest BCUT2D eigenvalue weighted by atomic mass is 19.1. The molecule has 2 aliphatic heterocycles. The van der Waals surface area contributed by atoms with Crippen LogP contribution >= 0.6 is 0 Å². The van der Waals surface area contributed by atoms with Crippen LogP contribution in [0.1, 0.15) is 96.3 Å². The molecule has 0 spiro atoms. The summed E-state index contributed by atoms with van der Waals surface area (Å²) in [5.74, 6) is 1.46. The molecule has 0 radical (unpaired) electrons. The van der Waals surface area contributed by atoms with Gasteiger partial charge in [0, 0.05) is 24.9 Å². The van der Waals surface area contributed by atoms with E-state index in [0.29, 0.717) is 18.1 Å². The predicted molar refractivity (Wildman–Crippen MR) is 161 cm³/mol. The van der Waals surface area contributed by atoms with Gasteiger partial charge in [-0.1, -0.05) is 39.3 Å². The number of esters is 1. The van der Waals surface area contributed by atoms with Crippen LogP contribution in [-0.2, 0) is 14.9 Å². The highest BCUT2D eigenvalue weighted by molar-refractivity contribution is 5.84.